The number of aryl methyl sites for hydroxylation is 1. The van der Waals surface area contributed by atoms with Crippen LogP contribution in [-0.2, 0) is 6.61 Å². The zero-order chi connectivity index (χ0) is 14.7. The first-order valence-corrected chi connectivity index (χ1v) is 6.26. The molecule has 0 aliphatic carbocycles. The minimum absolute atomic E-state index is 0.0211. The fourth-order valence-corrected chi connectivity index (χ4v) is 1.87. The zero-order valence-electron chi connectivity index (χ0n) is 10.7. The Morgan fingerprint density at radius 3 is 2.75 bits per heavy atom. The van der Waals surface area contributed by atoms with Gasteiger partial charge in [0.15, 0.2) is 0 Å². The van der Waals surface area contributed by atoms with Gasteiger partial charge in [0.1, 0.15) is 18.2 Å². The first kappa shape index (κ1) is 14.3. The minimum Gasteiger partial charge on any atom is -0.488 e. The molecule has 2 rings (SSSR count). The average Bonchev–Trinajstić information content (AvgIpc) is 2.41. The van der Waals surface area contributed by atoms with Gasteiger partial charge in [0.2, 0.25) is 0 Å². The fraction of sp³-hybridized carbons (Fsp3) is 0.133. The largest absolute Gasteiger partial charge is 0.488 e. The highest BCUT2D eigenvalue weighted by atomic mass is 35.5. The quantitative estimate of drug-likeness (QED) is 0.925. The minimum atomic E-state index is -1.11. The molecule has 20 heavy (non-hydrogen) atoms. The maximum absolute atomic E-state index is 13.6. The third-order valence-corrected chi connectivity index (χ3v) is 3.06. The standard InChI is InChI=1S/C15H12ClFO3/c1-9-2-4-12(16)7-14(9)20-8-11-6-10(15(18)19)3-5-13(11)17/h2-7H,8H2,1H3,(H,18,19). The van der Waals surface area contributed by atoms with E-state index in [9.17, 15) is 9.18 Å². The van der Waals surface area contributed by atoms with E-state index in [1.54, 1.807) is 18.2 Å². The Morgan fingerprint density at radius 1 is 1.30 bits per heavy atom. The van der Waals surface area contributed by atoms with Crippen molar-refractivity contribution in [2.45, 2.75) is 13.5 Å². The number of rotatable bonds is 4. The lowest BCUT2D eigenvalue weighted by Crippen LogP contribution is -2.03. The highest BCUT2D eigenvalue weighted by Gasteiger charge is 2.10. The van der Waals surface area contributed by atoms with Gasteiger partial charge in [-0.3, -0.25) is 0 Å². The summed E-state index contributed by atoms with van der Waals surface area (Å²) in [6.45, 7) is 1.78. The normalized spacial score (nSPS) is 10.3. The van der Waals surface area contributed by atoms with Gasteiger partial charge >= 0.3 is 5.97 Å². The van der Waals surface area contributed by atoms with Crippen LogP contribution in [0.4, 0.5) is 4.39 Å². The number of ether oxygens (including phenoxy) is 1. The molecule has 0 aliphatic rings. The van der Waals surface area contributed by atoms with E-state index in [4.69, 9.17) is 21.4 Å². The maximum Gasteiger partial charge on any atom is 0.335 e. The van der Waals surface area contributed by atoms with Gasteiger partial charge in [-0.2, -0.15) is 0 Å². The van der Waals surface area contributed by atoms with E-state index < -0.39 is 11.8 Å². The number of carboxylic acid groups (broad SMARTS) is 1. The van der Waals surface area contributed by atoms with Crippen molar-refractivity contribution in [3.8, 4) is 5.75 Å². The summed E-state index contributed by atoms with van der Waals surface area (Å²) in [5, 5.41) is 9.40. The van der Waals surface area contributed by atoms with E-state index in [1.165, 1.54) is 12.1 Å². The number of aromatic carboxylic acids is 1. The van der Waals surface area contributed by atoms with Crippen molar-refractivity contribution in [3.05, 3.63) is 63.9 Å². The molecule has 0 amide bonds. The van der Waals surface area contributed by atoms with Crippen molar-refractivity contribution in [3.63, 3.8) is 0 Å². The molecule has 0 saturated carbocycles. The van der Waals surface area contributed by atoms with E-state index in [2.05, 4.69) is 0 Å². The van der Waals surface area contributed by atoms with Crippen molar-refractivity contribution in [2.24, 2.45) is 0 Å². The Labute approximate surface area is 120 Å². The van der Waals surface area contributed by atoms with Crippen LogP contribution in [0.25, 0.3) is 0 Å². The van der Waals surface area contributed by atoms with Crippen molar-refractivity contribution in [2.75, 3.05) is 0 Å². The molecule has 0 aliphatic heterocycles. The molecule has 0 radical (unpaired) electrons. The van der Waals surface area contributed by atoms with Gasteiger partial charge in [0, 0.05) is 10.6 Å². The lowest BCUT2D eigenvalue weighted by atomic mass is 10.1. The highest BCUT2D eigenvalue weighted by molar-refractivity contribution is 6.30. The molecule has 0 unspecified atom stereocenters. The van der Waals surface area contributed by atoms with E-state index >= 15 is 0 Å². The van der Waals surface area contributed by atoms with Crippen LogP contribution in [0.1, 0.15) is 21.5 Å². The summed E-state index contributed by atoms with van der Waals surface area (Å²) in [4.78, 5) is 10.9. The summed E-state index contributed by atoms with van der Waals surface area (Å²) in [5.41, 5.74) is 1.07. The van der Waals surface area contributed by atoms with Gasteiger partial charge in [-0.15, -0.1) is 0 Å². The first-order valence-electron chi connectivity index (χ1n) is 5.88. The number of carboxylic acids is 1. The third kappa shape index (κ3) is 3.27. The molecule has 0 aromatic heterocycles. The highest BCUT2D eigenvalue weighted by Crippen LogP contribution is 2.24. The van der Waals surface area contributed by atoms with Crippen LogP contribution in [0.15, 0.2) is 36.4 Å². The van der Waals surface area contributed by atoms with Gasteiger partial charge in [-0.1, -0.05) is 17.7 Å². The van der Waals surface area contributed by atoms with Crippen LogP contribution in [0.3, 0.4) is 0 Å². The van der Waals surface area contributed by atoms with Gasteiger partial charge in [-0.25, -0.2) is 9.18 Å². The lowest BCUT2D eigenvalue weighted by Gasteiger charge is -2.10. The molecular weight excluding hydrogens is 283 g/mol. The Balaban J connectivity index is 2.20. The Morgan fingerprint density at radius 2 is 2.05 bits per heavy atom. The second-order valence-corrected chi connectivity index (χ2v) is 4.75. The van der Waals surface area contributed by atoms with Gasteiger partial charge in [-0.05, 0) is 42.8 Å². The maximum atomic E-state index is 13.6. The third-order valence-electron chi connectivity index (χ3n) is 2.83. The molecule has 104 valence electrons. The SMILES string of the molecule is Cc1ccc(Cl)cc1OCc1cc(C(=O)O)ccc1F. The summed E-state index contributed by atoms with van der Waals surface area (Å²) in [7, 11) is 0. The molecular formula is C15H12ClFO3. The number of hydrogen-bond donors (Lipinski definition) is 1. The summed E-state index contributed by atoms with van der Waals surface area (Å²) in [6, 6.07) is 8.75. The molecule has 0 spiro atoms. The monoisotopic (exact) mass is 294 g/mol. The molecule has 0 bridgehead atoms. The summed E-state index contributed by atoms with van der Waals surface area (Å²) < 4.78 is 19.1. The second-order valence-electron chi connectivity index (χ2n) is 4.31. The van der Waals surface area contributed by atoms with E-state index in [0.29, 0.717) is 10.8 Å². The molecule has 0 saturated heterocycles. The summed E-state index contributed by atoms with van der Waals surface area (Å²) in [6.07, 6.45) is 0. The summed E-state index contributed by atoms with van der Waals surface area (Å²) in [5.74, 6) is -1.07. The zero-order valence-corrected chi connectivity index (χ0v) is 11.4. The molecule has 2 aromatic rings. The topological polar surface area (TPSA) is 46.5 Å². The molecule has 0 atom stereocenters. The number of carbonyl (C=O) groups is 1. The first-order chi connectivity index (χ1) is 9.47. The van der Waals surface area contributed by atoms with Crippen LogP contribution < -0.4 is 4.74 Å². The van der Waals surface area contributed by atoms with Crippen molar-refractivity contribution >= 4 is 17.6 Å². The molecule has 1 N–H and O–H groups in total. The van der Waals surface area contributed by atoms with Gasteiger partial charge < -0.3 is 9.84 Å². The number of halogens is 2. The van der Waals surface area contributed by atoms with Gasteiger partial charge in [0.25, 0.3) is 0 Å². The molecule has 2 aromatic carbocycles. The molecule has 0 heterocycles. The Hall–Kier alpha value is -2.07. The average molecular weight is 295 g/mol. The number of benzene rings is 2. The number of hydrogen-bond acceptors (Lipinski definition) is 2. The molecule has 5 heteroatoms. The van der Waals surface area contributed by atoms with Crippen molar-refractivity contribution in [1.82, 2.24) is 0 Å². The van der Waals surface area contributed by atoms with Crippen LogP contribution in [0.5, 0.6) is 5.75 Å². The van der Waals surface area contributed by atoms with Crippen LogP contribution >= 0.6 is 11.6 Å². The van der Waals surface area contributed by atoms with Crippen molar-refractivity contribution < 1.29 is 19.0 Å². The fourth-order valence-electron chi connectivity index (χ4n) is 1.70. The second kappa shape index (κ2) is 5.92. The Bertz CT molecular complexity index is 656. The van der Waals surface area contributed by atoms with Crippen LogP contribution in [0.2, 0.25) is 5.02 Å². The van der Waals surface area contributed by atoms with E-state index in [0.717, 1.165) is 11.6 Å². The van der Waals surface area contributed by atoms with Crippen LogP contribution in [-0.4, -0.2) is 11.1 Å². The summed E-state index contributed by atoms with van der Waals surface area (Å²) >= 11 is 5.86. The van der Waals surface area contributed by atoms with E-state index in [-0.39, 0.29) is 17.7 Å². The predicted octanol–water partition coefficient (Wildman–Crippen LogP) is 4.06. The lowest BCUT2D eigenvalue weighted by molar-refractivity contribution is 0.0696. The Kier molecular flexibility index (Phi) is 4.25. The van der Waals surface area contributed by atoms with Crippen LogP contribution in [0, 0.1) is 12.7 Å². The van der Waals surface area contributed by atoms with E-state index in [1.807, 2.05) is 6.92 Å². The molecule has 3 nitrogen and oxygen atoms in total. The molecule has 0 fully saturated rings. The van der Waals surface area contributed by atoms with Gasteiger partial charge in [0.05, 0.1) is 5.56 Å². The predicted molar refractivity (Wildman–Crippen MR) is 73.9 cm³/mol. The van der Waals surface area contributed by atoms with Crippen molar-refractivity contribution in [1.29, 1.82) is 0 Å². The smallest absolute Gasteiger partial charge is 0.335 e.